The van der Waals surface area contributed by atoms with E-state index in [1.54, 1.807) is 24.3 Å². The van der Waals surface area contributed by atoms with Gasteiger partial charge in [-0.2, -0.15) is 0 Å². The zero-order valence-electron chi connectivity index (χ0n) is 13.9. The van der Waals surface area contributed by atoms with Crippen LogP contribution in [0.15, 0.2) is 30.6 Å². The number of hydrogen-bond donors (Lipinski definition) is 1. The van der Waals surface area contributed by atoms with Crippen molar-refractivity contribution in [2.45, 2.75) is 6.92 Å². The Hall–Kier alpha value is -1.89. The average molecular weight is 380 g/mol. The number of hydrogen-bond acceptors (Lipinski definition) is 5. The number of carbonyl (C=O) groups is 1. The van der Waals surface area contributed by atoms with Gasteiger partial charge in [-0.25, -0.2) is 9.97 Å². The largest absolute Gasteiger partial charge is 0.338 e. The summed E-state index contributed by atoms with van der Waals surface area (Å²) in [5.74, 6) is 0.381. The molecule has 2 aromatic rings. The van der Waals surface area contributed by atoms with E-state index < -0.39 is 0 Å². The van der Waals surface area contributed by atoms with Crippen molar-refractivity contribution >= 4 is 40.6 Å². The number of benzene rings is 1. The van der Waals surface area contributed by atoms with Crippen molar-refractivity contribution in [3.05, 3.63) is 46.3 Å². The third-order valence-electron chi connectivity index (χ3n) is 4.21. The molecule has 1 saturated heterocycles. The van der Waals surface area contributed by atoms with E-state index in [0.29, 0.717) is 40.3 Å². The molecule has 0 atom stereocenters. The molecule has 0 unspecified atom stereocenters. The van der Waals surface area contributed by atoms with Crippen molar-refractivity contribution in [1.82, 2.24) is 19.8 Å². The summed E-state index contributed by atoms with van der Waals surface area (Å²) >= 11 is 12.3. The van der Waals surface area contributed by atoms with Crippen molar-refractivity contribution in [3.63, 3.8) is 0 Å². The first-order valence-electron chi connectivity index (χ1n) is 8.13. The monoisotopic (exact) mass is 379 g/mol. The van der Waals surface area contributed by atoms with Gasteiger partial charge in [-0.1, -0.05) is 36.2 Å². The van der Waals surface area contributed by atoms with Gasteiger partial charge in [-0.15, -0.1) is 0 Å². The molecule has 1 aromatic carbocycles. The van der Waals surface area contributed by atoms with E-state index in [2.05, 4.69) is 27.1 Å². The Labute approximate surface area is 156 Å². The molecule has 1 N–H and O–H groups in total. The first-order valence-corrected chi connectivity index (χ1v) is 8.88. The second-order valence-electron chi connectivity index (χ2n) is 5.74. The number of nitrogens with one attached hydrogen (secondary N) is 1. The van der Waals surface area contributed by atoms with Crippen LogP contribution in [-0.2, 0) is 0 Å². The van der Waals surface area contributed by atoms with Gasteiger partial charge in [0.05, 0.1) is 15.7 Å². The number of anilines is 2. The maximum Gasteiger partial charge on any atom is 0.272 e. The lowest BCUT2D eigenvalue weighted by Gasteiger charge is -2.33. The van der Waals surface area contributed by atoms with Crippen LogP contribution in [0.3, 0.4) is 0 Å². The van der Waals surface area contributed by atoms with Gasteiger partial charge >= 0.3 is 0 Å². The number of rotatable bonds is 4. The lowest BCUT2D eigenvalue weighted by atomic mass is 10.2. The summed E-state index contributed by atoms with van der Waals surface area (Å²) in [5.41, 5.74) is 0.908. The molecule has 2 heterocycles. The summed E-state index contributed by atoms with van der Waals surface area (Å²) < 4.78 is 0. The van der Waals surface area contributed by atoms with Crippen molar-refractivity contribution < 1.29 is 4.79 Å². The molecule has 0 radical (unpaired) electrons. The van der Waals surface area contributed by atoms with Crippen LogP contribution in [0.5, 0.6) is 0 Å². The zero-order valence-corrected chi connectivity index (χ0v) is 15.4. The molecular weight excluding hydrogens is 361 g/mol. The molecule has 8 heteroatoms. The van der Waals surface area contributed by atoms with Gasteiger partial charge in [-0.3, -0.25) is 4.79 Å². The minimum absolute atomic E-state index is 0.0912. The van der Waals surface area contributed by atoms with Gasteiger partial charge in [0, 0.05) is 32.2 Å². The van der Waals surface area contributed by atoms with Crippen LogP contribution >= 0.6 is 23.2 Å². The smallest absolute Gasteiger partial charge is 0.272 e. The predicted octanol–water partition coefficient (Wildman–Crippen LogP) is 3.30. The number of amides is 1. The number of likely N-dealkylation sites (N-methyl/N-ethyl adjacent to an activating group) is 1. The Bertz CT molecular complexity index is 742. The van der Waals surface area contributed by atoms with Crippen LogP contribution in [0, 0.1) is 0 Å². The van der Waals surface area contributed by atoms with E-state index in [0.717, 1.165) is 19.6 Å². The Morgan fingerprint density at radius 1 is 1.16 bits per heavy atom. The maximum atomic E-state index is 12.7. The van der Waals surface area contributed by atoms with Crippen molar-refractivity contribution in [2.75, 3.05) is 38.0 Å². The molecule has 132 valence electrons. The molecule has 1 fully saturated rings. The lowest BCUT2D eigenvalue weighted by molar-refractivity contribution is 0.0637. The second-order valence-corrected chi connectivity index (χ2v) is 6.55. The quantitative estimate of drug-likeness (QED) is 0.882. The van der Waals surface area contributed by atoms with E-state index in [1.807, 2.05) is 4.90 Å². The topological polar surface area (TPSA) is 61.4 Å². The van der Waals surface area contributed by atoms with Crippen molar-refractivity contribution in [3.8, 4) is 0 Å². The SMILES string of the molecule is CCN1CCN(C(=O)c2cc(Nc3c(Cl)cccc3Cl)ncn2)CC1. The highest BCUT2D eigenvalue weighted by Gasteiger charge is 2.22. The van der Waals surface area contributed by atoms with Gasteiger partial charge in [0.2, 0.25) is 0 Å². The molecule has 3 rings (SSSR count). The molecule has 1 aliphatic heterocycles. The molecule has 6 nitrogen and oxygen atoms in total. The van der Waals surface area contributed by atoms with Crippen molar-refractivity contribution in [2.24, 2.45) is 0 Å². The molecule has 0 saturated carbocycles. The predicted molar refractivity (Wildman–Crippen MR) is 99.8 cm³/mol. The van der Waals surface area contributed by atoms with Crippen LogP contribution in [0.1, 0.15) is 17.4 Å². The van der Waals surface area contributed by atoms with Gasteiger partial charge in [0.1, 0.15) is 17.8 Å². The number of piperazine rings is 1. The normalized spacial score (nSPS) is 15.2. The third-order valence-corrected chi connectivity index (χ3v) is 4.84. The summed E-state index contributed by atoms with van der Waals surface area (Å²) in [4.78, 5) is 25.1. The van der Waals surface area contributed by atoms with Gasteiger partial charge in [0.25, 0.3) is 5.91 Å². The standard InChI is InChI=1S/C17H19Cl2N5O/c1-2-23-6-8-24(9-7-23)17(25)14-10-15(21-11-20-14)22-16-12(18)4-3-5-13(16)19/h3-5,10-11H,2,6-9H2,1H3,(H,20,21,22). The van der Waals surface area contributed by atoms with E-state index >= 15 is 0 Å². The Balaban J connectivity index is 1.74. The molecule has 1 aliphatic rings. The van der Waals surface area contributed by atoms with Crippen LogP contribution in [0.25, 0.3) is 0 Å². The van der Waals surface area contributed by atoms with Gasteiger partial charge < -0.3 is 15.1 Å². The van der Waals surface area contributed by atoms with Crippen LogP contribution in [-0.4, -0.2) is 58.4 Å². The highest BCUT2D eigenvalue weighted by molar-refractivity contribution is 6.39. The summed E-state index contributed by atoms with van der Waals surface area (Å²) in [7, 11) is 0. The molecular formula is C17H19Cl2N5O. The molecule has 0 bridgehead atoms. The van der Waals surface area contributed by atoms with Gasteiger partial charge in [0.15, 0.2) is 0 Å². The molecule has 0 spiro atoms. The van der Waals surface area contributed by atoms with E-state index in [9.17, 15) is 4.79 Å². The van der Waals surface area contributed by atoms with Crippen LogP contribution in [0.4, 0.5) is 11.5 Å². The number of nitrogens with zero attached hydrogens (tertiary/aromatic N) is 4. The minimum atomic E-state index is -0.0912. The van der Waals surface area contributed by atoms with Crippen LogP contribution in [0.2, 0.25) is 10.0 Å². The fraction of sp³-hybridized carbons (Fsp3) is 0.353. The fourth-order valence-electron chi connectivity index (χ4n) is 2.72. The zero-order chi connectivity index (χ0) is 17.8. The number of halogens is 2. The number of para-hydroxylation sites is 1. The summed E-state index contributed by atoms with van der Waals surface area (Å²) in [6.07, 6.45) is 1.36. The average Bonchev–Trinajstić information content (AvgIpc) is 2.64. The minimum Gasteiger partial charge on any atom is -0.338 e. The highest BCUT2D eigenvalue weighted by Crippen LogP contribution is 2.32. The van der Waals surface area contributed by atoms with E-state index in [-0.39, 0.29) is 5.91 Å². The first-order chi connectivity index (χ1) is 12.1. The Morgan fingerprint density at radius 2 is 1.84 bits per heavy atom. The Kier molecular flexibility index (Phi) is 5.73. The highest BCUT2D eigenvalue weighted by atomic mass is 35.5. The molecule has 0 aliphatic carbocycles. The van der Waals surface area contributed by atoms with E-state index in [1.165, 1.54) is 6.33 Å². The second kappa shape index (κ2) is 7.99. The third kappa shape index (κ3) is 4.21. The maximum absolute atomic E-state index is 12.7. The fourth-order valence-corrected chi connectivity index (χ4v) is 3.21. The molecule has 25 heavy (non-hydrogen) atoms. The number of carbonyl (C=O) groups excluding carboxylic acids is 1. The summed E-state index contributed by atoms with van der Waals surface area (Å²) in [6.45, 7) is 6.30. The molecule has 1 amide bonds. The van der Waals surface area contributed by atoms with Crippen molar-refractivity contribution in [1.29, 1.82) is 0 Å². The summed E-state index contributed by atoms with van der Waals surface area (Å²) in [5, 5.41) is 4.02. The summed E-state index contributed by atoms with van der Waals surface area (Å²) in [6, 6.07) is 6.85. The Morgan fingerprint density at radius 3 is 2.48 bits per heavy atom. The number of aromatic nitrogens is 2. The first kappa shape index (κ1) is 17.9. The molecule has 1 aromatic heterocycles. The lowest BCUT2D eigenvalue weighted by Crippen LogP contribution is -2.48. The van der Waals surface area contributed by atoms with Gasteiger partial charge in [-0.05, 0) is 18.7 Å². The van der Waals surface area contributed by atoms with Crippen LogP contribution < -0.4 is 5.32 Å². The van der Waals surface area contributed by atoms with E-state index in [4.69, 9.17) is 23.2 Å².